The van der Waals surface area contributed by atoms with Crippen LogP contribution >= 0.6 is 0 Å². The maximum atomic E-state index is 2.33. The summed E-state index contributed by atoms with van der Waals surface area (Å²) in [6, 6.07) is 8.92. The zero-order chi connectivity index (χ0) is 12.8. The van der Waals surface area contributed by atoms with Crippen LogP contribution in [0.1, 0.15) is 54.4 Å². The predicted octanol–water partition coefficient (Wildman–Crippen LogP) is 5.86. The Balaban J connectivity index is -0.000000218. The van der Waals surface area contributed by atoms with Crippen LogP contribution in [0.5, 0.6) is 0 Å². The van der Waals surface area contributed by atoms with Crippen LogP contribution in [0.2, 0.25) is 36.3 Å². The molecule has 0 aliphatic rings. The third kappa shape index (κ3) is 17.7. The molecule has 0 unspecified atom stereocenters. The first-order valence-electron chi connectivity index (χ1n) is 7.36. The third-order valence-corrected chi connectivity index (χ3v) is 9.62. The van der Waals surface area contributed by atoms with Crippen molar-refractivity contribution < 1.29 is 36.9 Å². The second kappa shape index (κ2) is 20.0. The van der Waals surface area contributed by atoms with Crippen LogP contribution in [0, 0.1) is 36.9 Å². The van der Waals surface area contributed by atoms with Crippen LogP contribution in [-0.4, -0.2) is 17.6 Å². The van der Waals surface area contributed by atoms with Gasteiger partial charge in [-0.1, -0.05) is 90.6 Å². The molecule has 3 heteroatoms. The van der Waals surface area contributed by atoms with E-state index in [9.17, 15) is 0 Å². The second-order valence-corrected chi connectivity index (χ2v) is 11.2. The summed E-state index contributed by atoms with van der Waals surface area (Å²) in [5.41, 5.74) is 0. The summed E-state index contributed by atoms with van der Waals surface area (Å²) in [5, 5.41) is 0. The molecule has 0 N–H and O–H groups in total. The molecule has 0 aromatic carbocycles. The van der Waals surface area contributed by atoms with Crippen molar-refractivity contribution in [1.29, 1.82) is 0 Å². The van der Waals surface area contributed by atoms with Crippen LogP contribution in [0.4, 0.5) is 0 Å². The van der Waals surface area contributed by atoms with Gasteiger partial charge in [-0.05, 0) is 0 Å². The van der Waals surface area contributed by atoms with Crippen molar-refractivity contribution in [2.24, 2.45) is 0 Å². The number of hydrogen-bond acceptors (Lipinski definition) is 0. The van der Waals surface area contributed by atoms with Gasteiger partial charge < -0.3 is 0 Å². The molecule has 0 amide bonds. The Bertz CT molecular complexity index is 98.8. The quantitative estimate of drug-likeness (QED) is 0.421. The normalized spacial score (nSPS) is 9.88. The zero-order valence-electron chi connectivity index (χ0n) is 12.9. The van der Waals surface area contributed by atoms with E-state index in [1.54, 1.807) is 0 Å². The Morgan fingerprint density at radius 3 is 0.824 bits per heavy atom. The number of hydrogen-bond donors (Lipinski definition) is 0. The van der Waals surface area contributed by atoms with Gasteiger partial charge in [-0.15, -0.1) is 0 Å². The van der Waals surface area contributed by atoms with Gasteiger partial charge in [0, 0.05) is 54.5 Å². The zero-order valence-corrected chi connectivity index (χ0v) is 16.6. The summed E-state index contributed by atoms with van der Waals surface area (Å²) in [4.78, 5) is 0. The Labute approximate surface area is 144 Å². The van der Waals surface area contributed by atoms with Gasteiger partial charge >= 0.3 is 0 Å². The van der Waals surface area contributed by atoms with Gasteiger partial charge in [0.05, 0.1) is 0 Å². The molecule has 0 nitrogen and oxygen atoms in total. The Morgan fingerprint density at radius 1 is 0.529 bits per heavy atom. The van der Waals surface area contributed by atoms with E-state index in [0.29, 0.717) is 0 Å². The molecule has 0 atom stereocenters. The van der Waals surface area contributed by atoms with E-state index in [2.05, 4.69) is 41.5 Å². The van der Waals surface area contributed by atoms with E-state index in [0.717, 1.165) is 0 Å². The smallest absolute Gasteiger partial charge is 0.0473 e. The predicted molar refractivity (Wildman–Crippen MR) is 83.6 cm³/mol. The molecule has 0 saturated carbocycles. The van der Waals surface area contributed by atoms with E-state index >= 15 is 0 Å². The van der Waals surface area contributed by atoms with Crippen molar-refractivity contribution in [3.63, 3.8) is 0 Å². The topological polar surface area (TPSA) is 0 Å². The fourth-order valence-corrected chi connectivity index (χ4v) is 5.74. The van der Waals surface area contributed by atoms with Crippen molar-refractivity contribution in [1.82, 2.24) is 0 Å². The molecule has 0 aromatic heterocycles. The SMILES string of the molecule is CCC[Si](CC)CC.CCC[Si](CC)CC.[Lu]. The molecule has 0 fully saturated rings. The first-order valence-corrected chi connectivity index (χ1v) is 11.6. The Kier molecular flexibility index (Phi) is 27.9. The van der Waals surface area contributed by atoms with Gasteiger partial charge in [0.2, 0.25) is 0 Å². The molecule has 113 valence electrons. The average molecular weight is 434 g/mol. The van der Waals surface area contributed by atoms with Crippen molar-refractivity contribution in [2.45, 2.75) is 90.6 Å². The fourth-order valence-electron chi connectivity index (χ4n) is 1.91. The van der Waals surface area contributed by atoms with Crippen molar-refractivity contribution in [3.05, 3.63) is 0 Å². The second-order valence-electron chi connectivity index (χ2n) is 4.41. The Hall–Kier alpha value is 1.67. The molecule has 0 aliphatic carbocycles. The van der Waals surface area contributed by atoms with Gasteiger partial charge in [0.1, 0.15) is 0 Å². The van der Waals surface area contributed by atoms with Crippen molar-refractivity contribution in [2.75, 3.05) is 0 Å². The average Bonchev–Trinajstić information content (AvgIpc) is 2.33. The van der Waals surface area contributed by atoms with Gasteiger partial charge in [-0.25, -0.2) is 0 Å². The van der Waals surface area contributed by atoms with Gasteiger partial charge in [-0.2, -0.15) is 0 Å². The molecule has 0 aromatic rings. The van der Waals surface area contributed by atoms with Crippen molar-refractivity contribution in [3.8, 4) is 0 Å². The largest absolute Gasteiger partial charge is 0.0680 e. The summed E-state index contributed by atoms with van der Waals surface area (Å²) in [6.07, 6.45) is 2.80. The van der Waals surface area contributed by atoms with Crippen LogP contribution in [0.3, 0.4) is 0 Å². The minimum Gasteiger partial charge on any atom is -0.0680 e. The Morgan fingerprint density at radius 2 is 0.765 bits per heavy atom. The number of rotatable bonds is 8. The third-order valence-electron chi connectivity index (χ3n) is 3.21. The summed E-state index contributed by atoms with van der Waals surface area (Å²) < 4.78 is 0. The summed E-state index contributed by atoms with van der Waals surface area (Å²) in [7, 11) is 0.252. The monoisotopic (exact) mass is 433 g/mol. The molecule has 0 heterocycles. The maximum Gasteiger partial charge on any atom is 0.0473 e. The molecular formula is C14H34LuSi2. The van der Waals surface area contributed by atoms with Crippen LogP contribution in [-0.2, 0) is 0 Å². The summed E-state index contributed by atoms with van der Waals surface area (Å²) >= 11 is 0. The van der Waals surface area contributed by atoms with E-state index in [4.69, 9.17) is 0 Å². The molecule has 0 bridgehead atoms. The summed E-state index contributed by atoms with van der Waals surface area (Å²) in [6.45, 7) is 13.9. The molecule has 0 spiro atoms. The van der Waals surface area contributed by atoms with E-state index in [-0.39, 0.29) is 54.5 Å². The van der Waals surface area contributed by atoms with Crippen LogP contribution in [0.25, 0.3) is 0 Å². The minimum absolute atomic E-state index is 0. The molecule has 0 rings (SSSR count). The molecule has 0 saturated heterocycles. The summed E-state index contributed by atoms with van der Waals surface area (Å²) in [5.74, 6) is 0. The fraction of sp³-hybridized carbons (Fsp3) is 1.00. The van der Waals surface area contributed by atoms with Crippen LogP contribution < -0.4 is 0 Å². The standard InChI is InChI=1S/2C7H17Si.Lu/c2*1-4-7-8(5-2)6-3;/h2*4-7H2,1-3H3;. The molecule has 17 heavy (non-hydrogen) atoms. The first kappa shape index (κ1) is 23.7. The minimum atomic E-state index is 0. The van der Waals surface area contributed by atoms with E-state index in [1.165, 1.54) is 49.1 Å². The van der Waals surface area contributed by atoms with Crippen LogP contribution in [0.15, 0.2) is 0 Å². The van der Waals surface area contributed by atoms with Gasteiger partial charge in [0.25, 0.3) is 0 Å². The first-order chi connectivity index (χ1) is 7.69. The maximum absolute atomic E-state index is 2.33. The van der Waals surface area contributed by atoms with E-state index < -0.39 is 0 Å². The molecule has 0 aliphatic heterocycles. The van der Waals surface area contributed by atoms with Crippen molar-refractivity contribution >= 4 is 17.6 Å². The molecular weight excluding hydrogens is 399 g/mol. The molecule has 3 radical (unpaired) electrons. The van der Waals surface area contributed by atoms with E-state index in [1.807, 2.05) is 0 Å². The van der Waals surface area contributed by atoms with Gasteiger partial charge in [-0.3, -0.25) is 0 Å². The van der Waals surface area contributed by atoms with Gasteiger partial charge in [0.15, 0.2) is 0 Å².